The Kier molecular flexibility index (Phi) is 7.75. The second kappa shape index (κ2) is 10.9. The molecule has 0 unspecified atom stereocenters. The Labute approximate surface area is 188 Å². The molecule has 0 aliphatic carbocycles. The molecule has 1 amide bonds. The van der Waals surface area contributed by atoms with Crippen LogP contribution in [-0.2, 0) is 11.4 Å². The van der Waals surface area contributed by atoms with Crippen molar-refractivity contribution in [2.24, 2.45) is 0 Å². The maximum Gasteiger partial charge on any atom is 0.248 e. The predicted molar refractivity (Wildman–Crippen MR) is 126 cm³/mol. The predicted octanol–water partition coefficient (Wildman–Crippen LogP) is 5.25. The normalized spacial score (nSPS) is 10.6. The fraction of sp³-hybridized carbons (Fsp3) is 0.192. The van der Waals surface area contributed by atoms with Crippen LogP contribution in [0, 0.1) is 6.92 Å². The number of rotatable bonds is 9. The molecule has 3 rings (SSSR count). The Bertz CT molecular complexity index is 1110. The van der Waals surface area contributed by atoms with Gasteiger partial charge in [0.05, 0.1) is 27.0 Å². The van der Waals surface area contributed by atoms with Crippen LogP contribution in [0.15, 0.2) is 66.7 Å². The molecule has 0 radical (unpaired) electrons. The van der Waals surface area contributed by atoms with Gasteiger partial charge in [0, 0.05) is 12.1 Å². The highest BCUT2D eigenvalue weighted by atomic mass is 16.5. The van der Waals surface area contributed by atoms with Gasteiger partial charge >= 0.3 is 0 Å². The fourth-order valence-corrected chi connectivity index (χ4v) is 3.08. The summed E-state index contributed by atoms with van der Waals surface area (Å²) in [4.78, 5) is 12.4. The SMILES string of the molecule is COc1ccc(NC(=O)C=Cc2ccc(OCc3ccccc3C)c(OC)c2)c(OC)c1. The first-order chi connectivity index (χ1) is 15.5. The molecule has 6 heteroatoms. The molecular formula is C26H27NO5. The maximum atomic E-state index is 12.4. The van der Waals surface area contributed by atoms with Crippen molar-refractivity contribution in [2.45, 2.75) is 13.5 Å². The molecule has 166 valence electrons. The molecule has 1 N–H and O–H groups in total. The van der Waals surface area contributed by atoms with E-state index in [4.69, 9.17) is 18.9 Å². The second-order valence-corrected chi connectivity index (χ2v) is 7.01. The van der Waals surface area contributed by atoms with E-state index in [-0.39, 0.29) is 5.91 Å². The summed E-state index contributed by atoms with van der Waals surface area (Å²) in [5.41, 5.74) is 3.65. The van der Waals surface area contributed by atoms with Crippen molar-refractivity contribution in [3.8, 4) is 23.0 Å². The van der Waals surface area contributed by atoms with Gasteiger partial charge in [-0.05, 0) is 54.0 Å². The molecule has 0 saturated carbocycles. The number of methoxy groups -OCH3 is 3. The molecule has 32 heavy (non-hydrogen) atoms. The van der Waals surface area contributed by atoms with Crippen molar-refractivity contribution in [1.29, 1.82) is 0 Å². The van der Waals surface area contributed by atoms with Crippen molar-refractivity contribution in [3.63, 3.8) is 0 Å². The van der Waals surface area contributed by atoms with E-state index < -0.39 is 0 Å². The number of amides is 1. The third kappa shape index (κ3) is 5.82. The van der Waals surface area contributed by atoms with Gasteiger partial charge in [-0.15, -0.1) is 0 Å². The highest BCUT2D eigenvalue weighted by Gasteiger charge is 2.09. The topological polar surface area (TPSA) is 66.0 Å². The lowest BCUT2D eigenvalue weighted by Gasteiger charge is -2.12. The lowest BCUT2D eigenvalue weighted by atomic mass is 10.1. The van der Waals surface area contributed by atoms with E-state index in [1.54, 1.807) is 38.5 Å². The molecule has 0 aliphatic heterocycles. The quantitative estimate of drug-likeness (QED) is 0.467. The molecule has 6 nitrogen and oxygen atoms in total. The van der Waals surface area contributed by atoms with Crippen molar-refractivity contribution in [1.82, 2.24) is 0 Å². The zero-order valence-electron chi connectivity index (χ0n) is 18.7. The summed E-state index contributed by atoms with van der Waals surface area (Å²) >= 11 is 0. The van der Waals surface area contributed by atoms with Crippen LogP contribution in [0.5, 0.6) is 23.0 Å². The third-order valence-corrected chi connectivity index (χ3v) is 4.93. The van der Waals surface area contributed by atoms with Crippen molar-refractivity contribution in [3.05, 3.63) is 83.4 Å². The van der Waals surface area contributed by atoms with E-state index in [1.807, 2.05) is 36.4 Å². The number of carbonyl (C=O) groups excluding carboxylic acids is 1. The molecule has 0 spiro atoms. The summed E-state index contributed by atoms with van der Waals surface area (Å²) in [5.74, 6) is 2.11. The minimum atomic E-state index is -0.285. The van der Waals surface area contributed by atoms with Gasteiger partial charge in [-0.2, -0.15) is 0 Å². The summed E-state index contributed by atoms with van der Waals surface area (Å²) in [5, 5.41) is 2.80. The highest BCUT2D eigenvalue weighted by Crippen LogP contribution is 2.30. The summed E-state index contributed by atoms with van der Waals surface area (Å²) in [7, 11) is 4.70. The van der Waals surface area contributed by atoms with E-state index in [0.29, 0.717) is 35.3 Å². The first-order valence-electron chi connectivity index (χ1n) is 10.1. The average Bonchev–Trinajstić information content (AvgIpc) is 2.82. The molecule has 0 aromatic heterocycles. The number of benzene rings is 3. The van der Waals surface area contributed by atoms with Crippen LogP contribution in [0.2, 0.25) is 0 Å². The molecule has 0 heterocycles. The summed E-state index contributed by atoms with van der Waals surface area (Å²) in [6, 6.07) is 18.8. The summed E-state index contributed by atoms with van der Waals surface area (Å²) in [6.07, 6.45) is 3.16. The minimum absolute atomic E-state index is 0.285. The molecule has 0 saturated heterocycles. The lowest BCUT2D eigenvalue weighted by Crippen LogP contribution is -2.09. The Hall–Kier alpha value is -3.93. The Balaban J connectivity index is 1.67. The van der Waals surface area contributed by atoms with Crippen LogP contribution in [0.3, 0.4) is 0 Å². The van der Waals surface area contributed by atoms with E-state index >= 15 is 0 Å². The highest BCUT2D eigenvalue weighted by molar-refractivity contribution is 6.02. The largest absolute Gasteiger partial charge is 0.497 e. The Morgan fingerprint density at radius 1 is 0.875 bits per heavy atom. The fourth-order valence-electron chi connectivity index (χ4n) is 3.08. The first-order valence-corrected chi connectivity index (χ1v) is 10.1. The zero-order valence-corrected chi connectivity index (χ0v) is 18.7. The van der Waals surface area contributed by atoms with Crippen LogP contribution in [0.25, 0.3) is 6.08 Å². The third-order valence-electron chi connectivity index (χ3n) is 4.93. The number of nitrogens with one attached hydrogen (secondary N) is 1. The number of hydrogen-bond donors (Lipinski definition) is 1. The minimum Gasteiger partial charge on any atom is -0.497 e. The van der Waals surface area contributed by atoms with E-state index in [9.17, 15) is 4.79 Å². The van der Waals surface area contributed by atoms with Crippen molar-refractivity contribution in [2.75, 3.05) is 26.6 Å². The van der Waals surface area contributed by atoms with Gasteiger partial charge in [0.25, 0.3) is 0 Å². The summed E-state index contributed by atoms with van der Waals surface area (Å²) < 4.78 is 21.9. The average molecular weight is 434 g/mol. The van der Waals surface area contributed by atoms with Crippen molar-refractivity contribution >= 4 is 17.7 Å². The molecule has 3 aromatic carbocycles. The van der Waals surface area contributed by atoms with Gasteiger partial charge in [0.15, 0.2) is 11.5 Å². The van der Waals surface area contributed by atoms with E-state index in [2.05, 4.69) is 18.3 Å². The van der Waals surface area contributed by atoms with Gasteiger partial charge in [-0.3, -0.25) is 4.79 Å². The van der Waals surface area contributed by atoms with Crippen molar-refractivity contribution < 1.29 is 23.7 Å². The molecule has 3 aromatic rings. The molecule has 0 fully saturated rings. The number of hydrogen-bond acceptors (Lipinski definition) is 5. The second-order valence-electron chi connectivity index (χ2n) is 7.01. The number of aryl methyl sites for hydroxylation is 1. The lowest BCUT2D eigenvalue weighted by molar-refractivity contribution is -0.111. The maximum absolute atomic E-state index is 12.4. The van der Waals surface area contributed by atoms with Gasteiger partial charge in [-0.25, -0.2) is 0 Å². The molecule has 0 bridgehead atoms. The van der Waals surface area contributed by atoms with Gasteiger partial charge in [0.2, 0.25) is 5.91 Å². The Morgan fingerprint density at radius 2 is 1.66 bits per heavy atom. The van der Waals surface area contributed by atoms with Gasteiger partial charge in [0.1, 0.15) is 18.1 Å². The smallest absolute Gasteiger partial charge is 0.248 e. The van der Waals surface area contributed by atoms with Crippen LogP contribution in [-0.4, -0.2) is 27.2 Å². The standard InChI is InChI=1S/C26H27NO5/c1-18-7-5-6-8-20(18)17-32-23-13-9-19(15-25(23)31-4)10-14-26(28)27-22-12-11-21(29-2)16-24(22)30-3/h5-16H,17H2,1-4H3,(H,27,28). The zero-order chi connectivity index (χ0) is 22.9. The first kappa shape index (κ1) is 22.7. The van der Waals surface area contributed by atoms with Gasteiger partial charge < -0.3 is 24.3 Å². The number of carbonyl (C=O) groups is 1. The molecular weight excluding hydrogens is 406 g/mol. The van der Waals surface area contributed by atoms with E-state index in [1.165, 1.54) is 18.7 Å². The van der Waals surface area contributed by atoms with Crippen LogP contribution < -0.4 is 24.3 Å². The summed E-state index contributed by atoms with van der Waals surface area (Å²) in [6.45, 7) is 2.50. The Morgan fingerprint density at radius 3 is 2.38 bits per heavy atom. The van der Waals surface area contributed by atoms with Crippen LogP contribution in [0.1, 0.15) is 16.7 Å². The van der Waals surface area contributed by atoms with Crippen LogP contribution in [0.4, 0.5) is 5.69 Å². The van der Waals surface area contributed by atoms with Crippen LogP contribution >= 0.6 is 0 Å². The van der Waals surface area contributed by atoms with E-state index in [0.717, 1.165) is 11.1 Å². The number of anilines is 1. The molecule has 0 aliphatic rings. The van der Waals surface area contributed by atoms with Gasteiger partial charge in [-0.1, -0.05) is 30.3 Å². The number of ether oxygens (including phenoxy) is 4. The molecule has 0 atom stereocenters. The monoisotopic (exact) mass is 433 g/mol.